The molecule has 1 rings (SSSR count). The fourth-order valence-corrected chi connectivity index (χ4v) is 1.20. The van der Waals surface area contributed by atoms with Crippen molar-refractivity contribution >= 4 is 5.96 Å². The van der Waals surface area contributed by atoms with Crippen molar-refractivity contribution in [2.24, 2.45) is 10.8 Å². The summed E-state index contributed by atoms with van der Waals surface area (Å²) >= 11 is 0. The summed E-state index contributed by atoms with van der Waals surface area (Å²) in [4.78, 5) is 4.14. The molecule has 0 unspecified atom stereocenters. The Labute approximate surface area is 94.7 Å². The van der Waals surface area contributed by atoms with Crippen molar-refractivity contribution in [3.63, 3.8) is 0 Å². The molecule has 4 nitrogen and oxygen atoms in total. The van der Waals surface area contributed by atoms with Crippen molar-refractivity contribution in [1.82, 2.24) is 10.7 Å². The van der Waals surface area contributed by atoms with E-state index >= 15 is 0 Å². The van der Waals surface area contributed by atoms with Crippen molar-refractivity contribution in [3.05, 3.63) is 35.6 Å². The zero-order chi connectivity index (χ0) is 12.0. The fourth-order valence-electron chi connectivity index (χ4n) is 1.20. The van der Waals surface area contributed by atoms with Crippen LogP contribution in [-0.4, -0.2) is 12.0 Å². The molecule has 88 valence electrons. The lowest BCUT2D eigenvalue weighted by molar-refractivity contribution is 0.609. The Morgan fingerprint density at radius 2 is 2.12 bits per heavy atom. The number of hydrogen-bond donors (Lipinski definition) is 3. The first-order chi connectivity index (χ1) is 7.63. The zero-order valence-corrected chi connectivity index (χ0v) is 9.50. The highest BCUT2D eigenvalue weighted by Gasteiger charge is 2.01. The number of guanidine groups is 1. The van der Waals surface area contributed by atoms with Crippen LogP contribution in [0.1, 0.15) is 19.4 Å². The molecule has 0 atom stereocenters. The Kier molecular flexibility index (Phi) is 4.72. The van der Waals surface area contributed by atoms with Crippen LogP contribution in [0.4, 0.5) is 4.39 Å². The SMILES string of the molecule is CC(C)NC(=NCc1ccccc1F)NN. The maximum Gasteiger partial charge on any atom is 0.206 e. The molecule has 0 aromatic heterocycles. The molecular formula is C11H17FN4. The summed E-state index contributed by atoms with van der Waals surface area (Å²) in [5.74, 6) is 5.49. The minimum Gasteiger partial charge on any atom is -0.353 e. The van der Waals surface area contributed by atoms with Crippen LogP contribution in [0.15, 0.2) is 29.3 Å². The van der Waals surface area contributed by atoms with Crippen molar-refractivity contribution in [3.8, 4) is 0 Å². The summed E-state index contributed by atoms with van der Waals surface area (Å²) in [6.07, 6.45) is 0. The maximum absolute atomic E-state index is 13.3. The lowest BCUT2D eigenvalue weighted by atomic mass is 10.2. The summed E-state index contributed by atoms with van der Waals surface area (Å²) in [6, 6.07) is 6.75. The van der Waals surface area contributed by atoms with Crippen molar-refractivity contribution in [2.75, 3.05) is 0 Å². The van der Waals surface area contributed by atoms with Gasteiger partial charge in [0.15, 0.2) is 0 Å². The highest BCUT2D eigenvalue weighted by Crippen LogP contribution is 2.07. The summed E-state index contributed by atoms with van der Waals surface area (Å²) in [6.45, 7) is 4.19. The van der Waals surface area contributed by atoms with E-state index in [0.29, 0.717) is 11.5 Å². The number of rotatable bonds is 3. The van der Waals surface area contributed by atoms with Gasteiger partial charge >= 0.3 is 0 Å². The van der Waals surface area contributed by atoms with Gasteiger partial charge in [0, 0.05) is 11.6 Å². The normalized spacial score (nSPS) is 11.7. The van der Waals surface area contributed by atoms with E-state index in [2.05, 4.69) is 15.7 Å². The summed E-state index contributed by atoms with van der Waals surface area (Å²) in [5.41, 5.74) is 2.98. The van der Waals surface area contributed by atoms with Gasteiger partial charge in [-0.15, -0.1) is 0 Å². The van der Waals surface area contributed by atoms with Crippen LogP contribution in [0.2, 0.25) is 0 Å². The van der Waals surface area contributed by atoms with Crippen molar-refractivity contribution < 1.29 is 4.39 Å². The Balaban J connectivity index is 2.67. The topological polar surface area (TPSA) is 62.4 Å². The molecule has 0 aliphatic carbocycles. The van der Waals surface area contributed by atoms with Crippen LogP contribution >= 0.6 is 0 Å². The quantitative estimate of drug-likeness (QED) is 0.312. The van der Waals surface area contributed by atoms with Gasteiger partial charge in [-0.05, 0) is 19.9 Å². The number of nitrogens with one attached hydrogen (secondary N) is 2. The minimum atomic E-state index is -0.257. The number of nitrogens with zero attached hydrogens (tertiary/aromatic N) is 1. The predicted octanol–water partition coefficient (Wildman–Crippen LogP) is 1.14. The first kappa shape index (κ1) is 12.4. The molecular weight excluding hydrogens is 207 g/mol. The molecule has 0 saturated heterocycles. The molecule has 0 radical (unpaired) electrons. The summed E-state index contributed by atoms with van der Waals surface area (Å²) in [5, 5.41) is 3.01. The molecule has 0 spiro atoms. The highest BCUT2D eigenvalue weighted by molar-refractivity contribution is 5.79. The lowest BCUT2D eigenvalue weighted by Crippen LogP contribution is -2.44. The van der Waals surface area contributed by atoms with Gasteiger partial charge in [0.25, 0.3) is 0 Å². The minimum absolute atomic E-state index is 0.218. The van der Waals surface area contributed by atoms with E-state index in [4.69, 9.17) is 5.84 Å². The molecule has 1 aromatic rings. The van der Waals surface area contributed by atoms with E-state index in [1.807, 2.05) is 13.8 Å². The Morgan fingerprint density at radius 3 is 2.69 bits per heavy atom. The lowest BCUT2D eigenvalue weighted by Gasteiger charge is -2.11. The third-order valence-electron chi connectivity index (χ3n) is 1.93. The van der Waals surface area contributed by atoms with Crippen LogP contribution in [0.5, 0.6) is 0 Å². The largest absolute Gasteiger partial charge is 0.353 e. The van der Waals surface area contributed by atoms with Gasteiger partial charge in [-0.1, -0.05) is 18.2 Å². The van der Waals surface area contributed by atoms with Crippen LogP contribution < -0.4 is 16.6 Å². The standard InChI is InChI=1S/C11H17FN4/c1-8(2)15-11(16-13)14-7-9-5-3-4-6-10(9)12/h3-6,8H,7,13H2,1-2H3,(H2,14,15,16). The molecule has 1 aromatic carbocycles. The maximum atomic E-state index is 13.3. The molecule has 0 saturated carbocycles. The van der Waals surface area contributed by atoms with E-state index in [0.717, 1.165) is 0 Å². The highest BCUT2D eigenvalue weighted by atomic mass is 19.1. The van der Waals surface area contributed by atoms with Crippen LogP contribution in [0, 0.1) is 5.82 Å². The van der Waals surface area contributed by atoms with Gasteiger partial charge in [-0.3, -0.25) is 5.43 Å². The number of halogens is 1. The monoisotopic (exact) mass is 224 g/mol. The molecule has 16 heavy (non-hydrogen) atoms. The molecule has 4 N–H and O–H groups in total. The van der Waals surface area contributed by atoms with E-state index in [-0.39, 0.29) is 18.4 Å². The van der Waals surface area contributed by atoms with E-state index in [1.165, 1.54) is 6.07 Å². The Morgan fingerprint density at radius 1 is 1.44 bits per heavy atom. The number of hydrazine groups is 1. The second kappa shape index (κ2) is 6.07. The summed E-state index contributed by atoms with van der Waals surface area (Å²) in [7, 11) is 0. The average molecular weight is 224 g/mol. The second-order valence-corrected chi connectivity index (χ2v) is 3.70. The van der Waals surface area contributed by atoms with E-state index in [9.17, 15) is 4.39 Å². The molecule has 0 heterocycles. The number of aliphatic imine (C=N–C) groups is 1. The van der Waals surface area contributed by atoms with Crippen LogP contribution in [0.25, 0.3) is 0 Å². The first-order valence-corrected chi connectivity index (χ1v) is 5.14. The van der Waals surface area contributed by atoms with E-state index in [1.54, 1.807) is 18.2 Å². The second-order valence-electron chi connectivity index (χ2n) is 3.70. The van der Waals surface area contributed by atoms with Crippen LogP contribution in [0.3, 0.4) is 0 Å². The van der Waals surface area contributed by atoms with Gasteiger partial charge in [-0.2, -0.15) is 0 Å². The Hall–Kier alpha value is -1.62. The molecule has 0 amide bonds. The number of hydrogen-bond acceptors (Lipinski definition) is 2. The number of nitrogens with two attached hydrogens (primary N) is 1. The first-order valence-electron chi connectivity index (χ1n) is 5.14. The summed E-state index contributed by atoms with van der Waals surface area (Å²) < 4.78 is 13.3. The molecule has 0 bridgehead atoms. The average Bonchev–Trinajstić information content (AvgIpc) is 2.25. The predicted molar refractivity (Wildman–Crippen MR) is 63.1 cm³/mol. The van der Waals surface area contributed by atoms with Crippen molar-refractivity contribution in [2.45, 2.75) is 26.4 Å². The van der Waals surface area contributed by atoms with Gasteiger partial charge in [0.2, 0.25) is 5.96 Å². The smallest absolute Gasteiger partial charge is 0.206 e. The third-order valence-corrected chi connectivity index (χ3v) is 1.93. The molecule has 0 fully saturated rings. The van der Waals surface area contributed by atoms with E-state index < -0.39 is 0 Å². The van der Waals surface area contributed by atoms with Gasteiger partial charge in [0.05, 0.1) is 6.54 Å². The van der Waals surface area contributed by atoms with Crippen molar-refractivity contribution in [1.29, 1.82) is 0 Å². The van der Waals surface area contributed by atoms with Crippen LogP contribution in [-0.2, 0) is 6.54 Å². The van der Waals surface area contributed by atoms with Gasteiger partial charge in [-0.25, -0.2) is 15.2 Å². The third kappa shape index (κ3) is 3.86. The molecule has 5 heteroatoms. The Bertz CT molecular complexity index is 363. The van der Waals surface area contributed by atoms with Gasteiger partial charge < -0.3 is 5.32 Å². The fraction of sp³-hybridized carbons (Fsp3) is 0.364. The number of benzene rings is 1. The molecule has 0 aliphatic heterocycles. The zero-order valence-electron chi connectivity index (χ0n) is 9.50. The van der Waals surface area contributed by atoms with Gasteiger partial charge in [0.1, 0.15) is 5.82 Å². The molecule has 0 aliphatic rings.